The van der Waals surface area contributed by atoms with Crippen LogP contribution >= 0.6 is 0 Å². The number of benzene rings is 2. The Balaban J connectivity index is 1.57. The Morgan fingerprint density at radius 1 is 0.905 bits per heavy atom. The minimum absolute atomic E-state index is 0.515. The molecule has 0 aliphatic heterocycles. The van der Waals surface area contributed by atoms with Gasteiger partial charge in [0, 0.05) is 6.54 Å². The molecule has 112 valence electrons. The highest BCUT2D eigenvalue weighted by atomic mass is 16.5. The molecule has 0 aliphatic carbocycles. The summed E-state index contributed by atoms with van der Waals surface area (Å²) in [6.07, 6.45) is 2.21. The Morgan fingerprint density at radius 2 is 1.71 bits per heavy atom. The maximum atomic E-state index is 5.84. The number of para-hydroxylation sites is 1. The summed E-state index contributed by atoms with van der Waals surface area (Å²) >= 11 is 0. The van der Waals surface area contributed by atoms with Crippen molar-refractivity contribution in [1.29, 1.82) is 0 Å². The molecule has 4 heteroatoms. The highest BCUT2D eigenvalue weighted by Crippen LogP contribution is 2.26. The van der Waals surface area contributed by atoms with Crippen molar-refractivity contribution in [3.05, 3.63) is 54.1 Å². The number of hydrogen-bond acceptors (Lipinski definition) is 4. The standard InChI is InChI=1S/C17H23N3O/c18-15-9-4-10-16(17(15)19)21-13-12-20-11-5-8-14-6-2-1-3-7-14/h1-4,6-7,9-10,20H,5,8,11-13,18-19H2. The molecule has 0 aromatic heterocycles. The average molecular weight is 285 g/mol. The lowest BCUT2D eigenvalue weighted by Gasteiger charge is -2.10. The molecule has 2 rings (SSSR count). The van der Waals surface area contributed by atoms with E-state index >= 15 is 0 Å². The monoisotopic (exact) mass is 285 g/mol. The van der Waals surface area contributed by atoms with Crippen molar-refractivity contribution in [3.63, 3.8) is 0 Å². The fourth-order valence-electron chi connectivity index (χ4n) is 2.11. The summed E-state index contributed by atoms with van der Waals surface area (Å²) in [5, 5.41) is 3.36. The quantitative estimate of drug-likeness (QED) is 0.514. The summed E-state index contributed by atoms with van der Waals surface area (Å²) in [7, 11) is 0. The minimum Gasteiger partial charge on any atom is -0.490 e. The number of aryl methyl sites for hydroxylation is 1. The second-order valence-corrected chi connectivity index (χ2v) is 4.95. The van der Waals surface area contributed by atoms with Crippen molar-refractivity contribution < 1.29 is 4.74 Å². The van der Waals surface area contributed by atoms with Gasteiger partial charge in [0.1, 0.15) is 12.4 Å². The van der Waals surface area contributed by atoms with E-state index in [1.807, 2.05) is 18.2 Å². The van der Waals surface area contributed by atoms with Crippen LogP contribution in [-0.4, -0.2) is 19.7 Å². The number of ether oxygens (including phenoxy) is 1. The van der Waals surface area contributed by atoms with Crippen LogP contribution < -0.4 is 21.5 Å². The minimum atomic E-state index is 0.515. The van der Waals surface area contributed by atoms with E-state index < -0.39 is 0 Å². The van der Waals surface area contributed by atoms with Gasteiger partial charge in [-0.3, -0.25) is 0 Å². The van der Waals surface area contributed by atoms with E-state index in [0.717, 1.165) is 25.9 Å². The lowest BCUT2D eigenvalue weighted by atomic mass is 10.1. The third kappa shape index (κ3) is 5.00. The fraction of sp³-hybridized carbons (Fsp3) is 0.294. The maximum Gasteiger partial charge on any atom is 0.144 e. The van der Waals surface area contributed by atoms with Crippen molar-refractivity contribution in [3.8, 4) is 5.75 Å². The van der Waals surface area contributed by atoms with E-state index in [0.29, 0.717) is 23.7 Å². The molecule has 0 amide bonds. The highest BCUT2D eigenvalue weighted by Gasteiger charge is 2.02. The second-order valence-electron chi connectivity index (χ2n) is 4.95. The summed E-state index contributed by atoms with van der Waals surface area (Å²) < 4.78 is 5.61. The van der Waals surface area contributed by atoms with Crippen molar-refractivity contribution in [2.75, 3.05) is 31.2 Å². The van der Waals surface area contributed by atoms with Gasteiger partial charge in [-0.05, 0) is 37.1 Å². The van der Waals surface area contributed by atoms with Gasteiger partial charge in [0.05, 0.1) is 11.4 Å². The van der Waals surface area contributed by atoms with Crippen LogP contribution in [-0.2, 0) is 6.42 Å². The molecule has 0 saturated heterocycles. The molecule has 0 unspecified atom stereocenters. The number of nitrogen functional groups attached to an aromatic ring is 2. The number of rotatable bonds is 8. The average Bonchev–Trinajstić information content (AvgIpc) is 2.51. The van der Waals surface area contributed by atoms with Crippen LogP contribution in [0.4, 0.5) is 11.4 Å². The van der Waals surface area contributed by atoms with Gasteiger partial charge in [0.2, 0.25) is 0 Å². The first-order valence-electron chi connectivity index (χ1n) is 7.29. The summed E-state index contributed by atoms with van der Waals surface area (Å²) in [6, 6.07) is 16.0. The molecule has 0 spiro atoms. The van der Waals surface area contributed by atoms with Crippen LogP contribution in [0.2, 0.25) is 0 Å². The Bertz CT molecular complexity index is 543. The molecule has 21 heavy (non-hydrogen) atoms. The SMILES string of the molecule is Nc1cccc(OCCNCCCc2ccccc2)c1N. The van der Waals surface area contributed by atoms with E-state index in [-0.39, 0.29) is 0 Å². The Morgan fingerprint density at radius 3 is 2.52 bits per heavy atom. The van der Waals surface area contributed by atoms with Crippen molar-refractivity contribution in [2.45, 2.75) is 12.8 Å². The molecule has 0 bridgehead atoms. The van der Waals surface area contributed by atoms with Gasteiger partial charge in [0.15, 0.2) is 0 Å². The fourth-order valence-corrected chi connectivity index (χ4v) is 2.11. The molecular formula is C17H23N3O. The highest BCUT2D eigenvalue weighted by molar-refractivity contribution is 5.70. The third-order valence-electron chi connectivity index (χ3n) is 3.30. The van der Waals surface area contributed by atoms with E-state index in [4.69, 9.17) is 16.2 Å². The first-order valence-corrected chi connectivity index (χ1v) is 7.29. The van der Waals surface area contributed by atoms with Gasteiger partial charge >= 0.3 is 0 Å². The molecule has 0 saturated carbocycles. The smallest absolute Gasteiger partial charge is 0.144 e. The van der Waals surface area contributed by atoms with E-state index in [2.05, 4.69) is 29.6 Å². The lowest BCUT2D eigenvalue weighted by Crippen LogP contribution is -2.22. The molecule has 4 nitrogen and oxygen atoms in total. The molecule has 0 heterocycles. The zero-order chi connectivity index (χ0) is 14.9. The van der Waals surface area contributed by atoms with Gasteiger partial charge in [-0.1, -0.05) is 36.4 Å². The van der Waals surface area contributed by atoms with Gasteiger partial charge in [-0.25, -0.2) is 0 Å². The first kappa shape index (κ1) is 15.2. The van der Waals surface area contributed by atoms with Crippen LogP contribution in [0.3, 0.4) is 0 Å². The Labute approximate surface area is 126 Å². The zero-order valence-electron chi connectivity index (χ0n) is 12.2. The molecule has 0 atom stereocenters. The van der Waals surface area contributed by atoms with Gasteiger partial charge in [0.25, 0.3) is 0 Å². The summed E-state index contributed by atoms with van der Waals surface area (Å²) in [6.45, 7) is 2.35. The number of nitrogens with one attached hydrogen (secondary N) is 1. The van der Waals surface area contributed by atoms with Crippen LogP contribution in [0.5, 0.6) is 5.75 Å². The second kappa shape index (κ2) is 8.17. The predicted octanol–water partition coefficient (Wildman–Crippen LogP) is 2.45. The molecule has 0 radical (unpaired) electrons. The van der Waals surface area contributed by atoms with Crippen molar-refractivity contribution >= 4 is 11.4 Å². The number of anilines is 2. The van der Waals surface area contributed by atoms with Gasteiger partial charge in [-0.15, -0.1) is 0 Å². The molecule has 5 N–H and O–H groups in total. The van der Waals surface area contributed by atoms with Gasteiger partial charge < -0.3 is 21.5 Å². The number of nitrogens with two attached hydrogens (primary N) is 2. The van der Waals surface area contributed by atoms with E-state index in [9.17, 15) is 0 Å². The summed E-state index contributed by atoms with van der Waals surface area (Å²) in [5.74, 6) is 0.654. The molecular weight excluding hydrogens is 262 g/mol. The molecule has 2 aromatic rings. The predicted molar refractivity (Wildman–Crippen MR) is 88.4 cm³/mol. The van der Waals surface area contributed by atoms with Crippen LogP contribution in [0.15, 0.2) is 48.5 Å². The first-order chi connectivity index (χ1) is 10.3. The Hall–Kier alpha value is -2.20. The third-order valence-corrected chi connectivity index (χ3v) is 3.30. The molecule has 0 fully saturated rings. The lowest BCUT2D eigenvalue weighted by molar-refractivity contribution is 0.315. The number of hydrogen-bond donors (Lipinski definition) is 3. The largest absolute Gasteiger partial charge is 0.490 e. The maximum absolute atomic E-state index is 5.84. The Kier molecular flexibility index (Phi) is 5.91. The summed E-state index contributed by atoms with van der Waals surface area (Å²) in [5.41, 5.74) is 14.0. The topological polar surface area (TPSA) is 73.3 Å². The zero-order valence-corrected chi connectivity index (χ0v) is 12.2. The van der Waals surface area contributed by atoms with E-state index in [1.54, 1.807) is 6.07 Å². The van der Waals surface area contributed by atoms with Crippen LogP contribution in [0, 0.1) is 0 Å². The van der Waals surface area contributed by atoms with Crippen molar-refractivity contribution in [1.82, 2.24) is 5.32 Å². The van der Waals surface area contributed by atoms with Crippen LogP contribution in [0.1, 0.15) is 12.0 Å². The molecule has 0 aliphatic rings. The normalized spacial score (nSPS) is 10.5. The van der Waals surface area contributed by atoms with Gasteiger partial charge in [-0.2, -0.15) is 0 Å². The van der Waals surface area contributed by atoms with Crippen LogP contribution in [0.25, 0.3) is 0 Å². The summed E-state index contributed by atoms with van der Waals surface area (Å²) in [4.78, 5) is 0. The van der Waals surface area contributed by atoms with E-state index in [1.165, 1.54) is 5.56 Å². The molecule has 2 aromatic carbocycles. The van der Waals surface area contributed by atoms with Crippen molar-refractivity contribution in [2.24, 2.45) is 0 Å².